The molecule has 0 aromatic heterocycles. The van der Waals surface area contributed by atoms with Crippen molar-refractivity contribution in [1.82, 2.24) is 10.2 Å². The summed E-state index contributed by atoms with van der Waals surface area (Å²) in [5.74, 6) is 0.555. The zero-order chi connectivity index (χ0) is 20.4. The molecule has 2 rings (SSSR count). The molecule has 1 atom stereocenters. The molecule has 5 nitrogen and oxygen atoms in total. The summed E-state index contributed by atoms with van der Waals surface area (Å²) >= 11 is 0. The summed E-state index contributed by atoms with van der Waals surface area (Å²) in [4.78, 5) is 27.5. The van der Waals surface area contributed by atoms with Crippen LogP contribution in [0.25, 0.3) is 0 Å². The lowest BCUT2D eigenvalue weighted by molar-refractivity contribution is -0.141. The zero-order valence-corrected chi connectivity index (χ0v) is 17.0. The number of carbonyl (C=O) groups excluding carboxylic acids is 2. The van der Waals surface area contributed by atoms with Crippen molar-refractivity contribution < 1.29 is 14.3 Å². The van der Waals surface area contributed by atoms with E-state index in [9.17, 15) is 9.59 Å². The lowest BCUT2D eigenvalue weighted by Gasteiger charge is -2.31. The number of unbranched alkanes of at least 4 members (excludes halogenated alkanes) is 1. The molecule has 0 fully saturated rings. The molecule has 0 aliphatic heterocycles. The van der Waals surface area contributed by atoms with Gasteiger partial charge in [-0.1, -0.05) is 62.7 Å². The molecule has 2 aromatic carbocycles. The molecule has 5 heteroatoms. The summed E-state index contributed by atoms with van der Waals surface area (Å²) < 4.78 is 5.21. The van der Waals surface area contributed by atoms with Crippen LogP contribution in [0.4, 0.5) is 0 Å². The van der Waals surface area contributed by atoms with Crippen LogP contribution in [0.5, 0.6) is 5.75 Å². The van der Waals surface area contributed by atoms with Gasteiger partial charge in [0.2, 0.25) is 11.8 Å². The van der Waals surface area contributed by atoms with Crippen LogP contribution in [0.15, 0.2) is 54.6 Å². The van der Waals surface area contributed by atoms with Gasteiger partial charge in [0.1, 0.15) is 11.8 Å². The molecular weight excluding hydrogens is 352 g/mol. The molecular formula is C23H30N2O3. The van der Waals surface area contributed by atoms with Crippen LogP contribution in [0.2, 0.25) is 0 Å². The van der Waals surface area contributed by atoms with Gasteiger partial charge in [-0.25, -0.2) is 0 Å². The molecule has 0 unspecified atom stereocenters. The average molecular weight is 383 g/mol. The third-order valence-electron chi connectivity index (χ3n) is 4.64. The predicted octanol–water partition coefficient (Wildman–Crippen LogP) is 4.09. The Morgan fingerprint density at radius 1 is 1.04 bits per heavy atom. The minimum Gasteiger partial charge on any atom is -0.497 e. The first-order valence-corrected chi connectivity index (χ1v) is 9.85. The summed E-state index contributed by atoms with van der Waals surface area (Å²) in [6.45, 7) is 4.87. The Balaban J connectivity index is 2.34. The molecule has 0 saturated carbocycles. The number of benzene rings is 2. The van der Waals surface area contributed by atoms with Crippen molar-refractivity contribution in [3.8, 4) is 5.75 Å². The number of nitrogens with one attached hydrogen (secondary N) is 1. The van der Waals surface area contributed by atoms with Crippen LogP contribution >= 0.6 is 0 Å². The quantitative estimate of drug-likeness (QED) is 0.630. The summed E-state index contributed by atoms with van der Waals surface area (Å²) in [7, 11) is 1.62. The highest BCUT2D eigenvalue weighted by Crippen LogP contribution is 2.25. The third kappa shape index (κ3) is 5.84. The van der Waals surface area contributed by atoms with E-state index in [1.807, 2.05) is 61.5 Å². The van der Waals surface area contributed by atoms with Crippen molar-refractivity contribution in [3.63, 3.8) is 0 Å². The Morgan fingerprint density at radius 2 is 1.71 bits per heavy atom. The van der Waals surface area contributed by atoms with E-state index in [-0.39, 0.29) is 11.8 Å². The maximum Gasteiger partial charge on any atom is 0.247 e. The number of methoxy groups -OCH3 is 1. The molecule has 2 amide bonds. The van der Waals surface area contributed by atoms with Crippen LogP contribution in [-0.2, 0) is 16.1 Å². The second-order valence-corrected chi connectivity index (χ2v) is 6.68. The van der Waals surface area contributed by atoms with E-state index in [1.165, 1.54) is 0 Å². The van der Waals surface area contributed by atoms with E-state index in [0.717, 1.165) is 29.7 Å². The van der Waals surface area contributed by atoms with Gasteiger partial charge in [-0.2, -0.15) is 0 Å². The number of hydrogen-bond acceptors (Lipinski definition) is 3. The van der Waals surface area contributed by atoms with Crippen LogP contribution in [-0.4, -0.2) is 30.4 Å². The van der Waals surface area contributed by atoms with E-state index < -0.39 is 6.04 Å². The maximum absolute atomic E-state index is 13.0. The van der Waals surface area contributed by atoms with E-state index in [2.05, 4.69) is 12.2 Å². The zero-order valence-electron chi connectivity index (χ0n) is 17.0. The third-order valence-corrected chi connectivity index (χ3v) is 4.64. The fourth-order valence-electron chi connectivity index (χ4n) is 3.05. The topological polar surface area (TPSA) is 58.6 Å². The van der Waals surface area contributed by atoms with Gasteiger partial charge in [-0.15, -0.1) is 0 Å². The van der Waals surface area contributed by atoms with Crippen molar-refractivity contribution in [2.45, 2.75) is 45.7 Å². The molecule has 0 bridgehead atoms. The van der Waals surface area contributed by atoms with Gasteiger partial charge in [0, 0.05) is 19.5 Å². The Morgan fingerprint density at radius 3 is 2.29 bits per heavy atom. The summed E-state index contributed by atoms with van der Waals surface area (Å²) in [5, 5.41) is 2.99. The largest absolute Gasteiger partial charge is 0.497 e. The second-order valence-electron chi connectivity index (χ2n) is 6.68. The summed E-state index contributed by atoms with van der Waals surface area (Å²) in [6, 6.07) is 16.4. The molecule has 150 valence electrons. The van der Waals surface area contributed by atoms with Crippen molar-refractivity contribution in [1.29, 1.82) is 0 Å². The fraction of sp³-hybridized carbons (Fsp3) is 0.391. The lowest BCUT2D eigenvalue weighted by Crippen LogP contribution is -2.43. The predicted molar refractivity (Wildman–Crippen MR) is 111 cm³/mol. The molecule has 2 aromatic rings. The molecule has 0 aliphatic carbocycles. The number of amides is 2. The highest BCUT2D eigenvalue weighted by atomic mass is 16.5. The van der Waals surface area contributed by atoms with Crippen LogP contribution in [0.3, 0.4) is 0 Å². The first-order chi connectivity index (χ1) is 13.6. The number of nitrogens with zero attached hydrogens (tertiary/aromatic N) is 1. The Labute approximate surface area is 167 Å². The number of carbonyl (C=O) groups is 2. The highest BCUT2D eigenvalue weighted by Gasteiger charge is 2.30. The van der Waals surface area contributed by atoms with Crippen LogP contribution in [0, 0.1) is 0 Å². The van der Waals surface area contributed by atoms with Crippen molar-refractivity contribution in [3.05, 3.63) is 65.7 Å². The molecule has 0 spiro atoms. The van der Waals surface area contributed by atoms with Gasteiger partial charge in [-0.3, -0.25) is 9.59 Å². The number of ether oxygens (including phenoxy) is 1. The SMILES string of the molecule is CCCCNC(=O)[C@H](c1ccccc1)N(Cc1ccc(OC)cc1)C(=O)CC. The molecule has 0 aliphatic rings. The standard InChI is InChI=1S/C23H30N2O3/c1-4-6-16-24-23(27)22(19-10-8-7-9-11-19)25(21(26)5-2)17-18-12-14-20(28-3)15-13-18/h7-15,22H,4-6,16-17H2,1-3H3,(H,24,27)/t22-/m0/s1. The minimum atomic E-state index is -0.660. The molecule has 0 radical (unpaired) electrons. The van der Waals surface area contributed by atoms with E-state index in [0.29, 0.717) is 19.5 Å². The Bertz CT molecular complexity index is 744. The van der Waals surface area contributed by atoms with E-state index in [1.54, 1.807) is 12.0 Å². The average Bonchev–Trinajstić information content (AvgIpc) is 2.74. The van der Waals surface area contributed by atoms with Gasteiger partial charge >= 0.3 is 0 Å². The first kappa shape index (κ1) is 21.5. The second kappa shape index (κ2) is 11.1. The van der Waals surface area contributed by atoms with E-state index in [4.69, 9.17) is 4.74 Å². The highest BCUT2D eigenvalue weighted by molar-refractivity contribution is 5.88. The normalized spacial score (nSPS) is 11.5. The molecule has 0 saturated heterocycles. The van der Waals surface area contributed by atoms with E-state index >= 15 is 0 Å². The number of rotatable bonds is 10. The van der Waals surface area contributed by atoms with Crippen LogP contribution in [0.1, 0.15) is 50.3 Å². The fourth-order valence-corrected chi connectivity index (χ4v) is 3.05. The summed E-state index contributed by atoms with van der Waals surface area (Å²) in [6.07, 6.45) is 2.24. The monoisotopic (exact) mass is 382 g/mol. The molecule has 0 heterocycles. The Hall–Kier alpha value is -2.82. The van der Waals surface area contributed by atoms with Gasteiger partial charge in [0.05, 0.1) is 7.11 Å². The van der Waals surface area contributed by atoms with Gasteiger partial charge in [-0.05, 0) is 29.7 Å². The van der Waals surface area contributed by atoms with Crippen molar-refractivity contribution in [2.24, 2.45) is 0 Å². The minimum absolute atomic E-state index is 0.0599. The van der Waals surface area contributed by atoms with Gasteiger partial charge in [0.15, 0.2) is 0 Å². The molecule has 1 N–H and O–H groups in total. The number of hydrogen-bond donors (Lipinski definition) is 1. The van der Waals surface area contributed by atoms with Gasteiger partial charge < -0.3 is 15.0 Å². The maximum atomic E-state index is 13.0. The van der Waals surface area contributed by atoms with Crippen molar-refractivity contribution >= 4 is 11.8 Å². The summed E-state index contributed by atoms with van der Waals surface area (Å²) in [5.41, 5.74) is 1.76. The van der Waals surface area contributed by atoms with Crippen molar-refractivity contribution in [2.75, 3.05) is 13.7 Å². The smallest absolute Gasteiger partial charge is 0.247 e. The van der Waals surface area contributed by atoms with Crippen LogP contribution < -0.4 is 10.1 Å². The van der Waals surface area contributed by atoms with Gasteiger partial charge in [0.25, 0.3) is 0 Å². The lowest BCUT2D eigenvalue weighted by atomic mass is 10.0. The first-order valence-electron chi connectivity index (χ1n) is 9.85. The Kier molecular flexibility index (Phi) is 8.53. The molecule has 28 heavy (non-hydrogen) atoms.